The van der Waals surface area contributed by atoms with E-state index in [1.165, 1.54) is 18.2 Å². The average Bonchev–Trinajstić information content (AvgIpc) is 2.36. The molecule has 0 aromatic heterocycles. The molecule has 3 amide bonds. The number of urea groups is 1. The molecular weight excluding hydrogens is 393 g/mol. The van der Waals surface area contributed by atoms with E-state index in [0.717, 1.165) is 4.47 Å². The summed E-state index contributed by atoms with van der Waals surface area (Å²) in [5, 5.41) is 5.95. The van der Waals surface area contributed by atoms with Crippen molar-refractivity contribution < 1.29 is 9.59 Å². The topological polar surface area (TPSA) is 84.2 Å². The van der Waals surface area contributed by atoms with E-state index in [1.54, 1.807) is 18.2 Å². The second kappa shape index (κ2) is 7.00. The van der Waals surface area contributed by atoms with E-state index in [9.17, 15) is 9.59 Å². The lowest BCUT2D eigenvalue weighted by molar-refractivity contribution is 0.100. The number of anilines is 2. The van der Waals surface area contributed by atoms with Crippen molar-refractivity contribution in [2.24, 2.45) is 5.73 Å². The van der Waals surface area contributed by atoms with Gasteiger partial charge in [-0.1, -0.05) is 39.1 Å². The van der Waals surface area contributed by atoms with Crippen molar-refractivity contribution in [1.29, 1.82) is 0 Å². The summed E-state index contributed by atoms with van der Waals surface area (Å²) >= 11 is 15.0. The zero-order chi connectivity index (χ0) is 16.3. The summed E-state index contributed by atoms with van der Waals surface area (Å²) in [6, 6.07) is 8.79. The molecule has 0 saturated heterocycles. The number of benzene rings is 2. The molecule has 0 aliphatic carbocycles. The highest BCUT2D eigenvalue weighted by Crippen LogP contribution is 2.24. The van der Waals surface area contributed by atoms with Crippen LogP contribution >= 0.6 is 39.1 Å². The van der Waals surface area contributed by atoms with E-state index < -0.39 is 11.9 Å². The van der Waals surface area contributed by atoms with Crippen LogP contribution in [0.1, 0.15) is 10.4 Å². The molecule has 114 valence electrons. The van der Waals surface area contributed by atoms with Crippen molar-refractivity contribution in [3.05, 3.63) is 56.5 Å². The average molecular weight is 403 g/mol. The number of carbonyl (C=O) groups is 2. The molecular formula is C14H10BrCl2N3O2. The van der Waals surface area contributed by atoms with E-state index in [0.29, 0.717) is 15.7 Å². The molecule has 22 heavy (non-hydrogen) atoms. The van der Waals surface area contributed by atoms with Gasteiger partial charge in [0, 0.05) is 20.2 Å². The summed E-state index contributed by atoms with van der Waals surface area (Å²) in [4.78, 5) is 23.4. The first kappa shape index (κ1) is 16.6. The van der Waals surface area contributed by atoms with Crippen LogP contribution in [0.4, 0.5) is 16.2 Å². The maximum Gasteiger partial charge on any atom is 0.323 e. The molecule has 0 radical (unpaired) electrons. The van der Waals surface area contributed by atoms with Gasteiger partial charge in [0.05, 0.1) is 11.3 Å². The van der Waals surface area contributed by atoms with E-state index in [2.05, 4.69) is 26.6 Å². The molecule has 8 heteroatoms. The summed E-state index contributed by atoms with van der Waals surface area (Å²) in [5.41, 5.74) is 6.12. The van der Waals surface area contributed by atoms with Gasteiger partial charge >= 0.3 is 6.03 Å². The molecule has 0 saturated carbocycles. The van der Waals surface area contributed by atoms with E-state index >= 15 is 0 Å². The van der Waals surface area contributed by atoms with Gasteiger partial charge in [0.2, 0.25) is 0 Å². The highest BCUT2D eigenvalue weighted by molar-refractivity contribution is 9.10. The Labute approximate surface area is 144 Å². The first-order valence-corrected chi connectivity index (χ1v) is 7.53. The number of halogens is 3. The van der Waals surface area contributed by atoms with Gasteiger partial charge in [0.25, 0.3) is 5.91 Å². The maximum absolute atomic E-state index is 12.0. The summed E-state index contributed by atoms with van der Waals surface area (Å²) < 4.78 is 0.718. The summed E-state index contributed by atoms with van der Waals surface area (Å²) in [7, 11) is 0. The van der Waals surface area contributed by atoms with Crippen LogP contribution in [0, 0.1) is 0 Å². The molecule has 0 aliphatic rings. The lowest BCUT2D eigenvalue weighted by Gasteiger charge is -2.11. The highest BCUT2D eigenvalue weighted by atomic mass is 79.9. The van der Waals surface area contributed by atoms with Crippen LogP contribution in [0.3, 0.4) is 0 Å². The zero-order valence-electron chi connectivity index (χ0n) is 11.0. The number of primary amides is 1. The van der Waals surface area contributed by atoms with Gasteiger partial charge in [-0.25, -0.2) is 4.79 Å². The molecule has 2 rings (SSSR count). The number of rotatable bonds is 3. The fourth-order valence-corrected chi connectivity index (χ4v) is 2.78. The molecule has 0 spiro atoms. The third-order valence-corrected chi connectivity index (χ3v) is 3.53. The molecule has 2 aromatic rings. The lowest BCUT2D eigenvalue weighted by Crippen LogP contribution is -2.22. The van der Waals surface area contributed by atoms with Crippen molar-refractivity contribution in [3.63, 3.8) is 0 Å². The minimum absolute atomic E-state index is 0.159. The van der Waals surface area contributed by atoms with Crippen LogP contribution in [0.2, 0.25) is 10.0 Å². The molecule has 4 N–H and O–H groups in total. The Kier molecular flexibility index (Phi) is 5.28. The molecule has 0 unspecified atom stereocenters. The zero-order valence-corrected chi connectivity index (χ0v) is 14.1. The van der Waals surface area contributed by atoms with Crippen LogP contribution in [-0.4, -0.2) is 11.9 Å². The second-order valence-corrected chi connectivity index (χ2v) is 6.08. The van der Waals surface area contributed by atoms with Gasteiger partial charge in [-0.2, -0.15) is 0 Å². The Bertz CT molecular complexity index is 733. The van der Waals surface area contributed by atoms with Crippen molar-refractivity contribution >= 4 is 62.4 Å². The third-order valence-electron chi connectivity index (χ3n) is 2.62. The summed E-state index contributed by atoms with van der Waals surface area (Å²) in [5.74, 6) is -0.669. The normalized spacial score (nSPS) is 10.1. The molecule has 2 aromatic carbocycles. The van der Waals surface area contributed by atoms with E-state index in [1.807, 2.05) is 0 Å². The van der Waals surface area contributed by atoms with Crippen molar-refractivity contribution in [1.82, 2.24) is 0 Å². The fraction of sp³-hybridized carbons (Fsp3) is 0. The largest absolute Gasteiger partial charge is 0.366 e. The SMILES string of the molecule is NC(=O)c1ccc(Cl)cc1NC(=O)Nc1cc(Cl)cc(Br)c1. The standard InChI is InChI=1S/C14H10BrCl2N3O2/c15-7-3-9(17)5-10(4-7)19-14(22)20-12-6-8(16)1-2-11(12)13(18)21/h1-6H,(H2,18,21)(H2,19,20,22). The number of amides is 3. The van der Waals surface area contributed by atoms with Crippen LogP contribution in [0.5, 0.6) is 0 Å². The Hall–Kier alpha value is -1.76. The Balaban J connectivity index is 2.18. The maximum atomic E-state index is 12.0. The van der Waals surface area contributed by atoms with Crippen molar-refractivity contribution in [2.45, 2.75) is 0 Å². The lowest BCUT2D eigenvalue weighted by atomic mass is 10.1. The number of nitrogens with one attached hydrogen (secondary N) is 2. The summed E-state index contributed by atoms with van der Waals surface area (Å²) in [6.45, 7) is 0. The number of hydrogen-bond donors (Lipinski definition) is 3. The molecule has 0 bridgehead atoms. The van der Waals surface area contributed by atoms with Crippen molar-refractivity contribution in [3.8, 4) is 0 Å². The fourth-order valence-electron chi connectivity index (χ4n) is 1.75. The Morgan fingerprint density at radius 3 is 2.36 bits per heavy atom. The predicted molar refractivity (Wildman–Crippen MR) is 91.8 cm³/mol. The highest BCUT2D eigenvalue weighted by Gasteiger charge is 2.12. The third kappa shape index (κ3) is 4.37. The van der Waals surface area contributed by atoms with Crippen molar-refractivity contribution in [2.75, 3.05) is 10.6 Å². The minimum atomic E-state index is -0.669. The second-order valence-electron chi connectivity index (χ2n) is 4.29. The van der Waals surface area contributed by atoms with Gasteiger partial charge in [0.15, 0.2) is 0 Å². The van der Waals surface area contributed by atoms with Crippen LogP contribution in [0.15, 0.2) is 40.9 Å². The summed E-state index contributed by atoms with van der Waals surface area (Å²) in [6.07, 6.45) is 0. The van der Waals surface area contributed by atoms with Gasteiger partial charge < -0.3 is 16.4 Å². The van der Waals surface area contributed by atoms with E-state index in [-0.39, 0.29) is 11.3 Å². The van der Waals surface area contributed by atoms with Gasteiger partial charge in [-0.15, -0.1) is 0 Å². The molecule has 0 fully saturated rings. The number of nitrogens with two attached hydrogens (primary N) is 1. The molecule has 0 atom stereocenters. The van der Waals surface area contributed by atoms with Gasteiger partial charge in [-0.3, -0.25) is 4.79 Å². The number of hydrogen-bond acceptors (Lipinski definition) is 2. The quantitative estimate of drug-likeness (QED) is 0.706. The molecule has 0 aliphatic heterocycles. The van der Waals surface area contributed by atoms with Crippen LogP contribution in [0.25, 0.3) is 0 Å². The van der Waals surface area contributed by atoms with Crippen LogP contribution < -0.4 is 16.4 Å². The Morgan fingerprint density at radius 2 is 1.73 bits per heavy atom. The van der Waals surface area contributed by atoms with Crippen LogP contribution in [-0.2, 0) is 0 Å². The number of carbonyl (C=O) groups excluding carboxylic acids is 2. The predicted octanol–water partition coefficient (Wildman–Crippen LogP) is 4.50. The monoisotopic (exact) mass is 401 g/mol. The first-order valence-electron chi connectivity index (χ1n) is 5.98. The Morgan fingerprint density at radius 1 is 1.00 bits per heavy atom. The molecule has 5 nitrogen and oxygen atoms in total. The smallest absolute Gasteiger partial charge is 0.323 e. The minimum Gasteiger partial charge on any atom is -0.366 e. The van der Waals surface area contributed by atoms with Gasteiger partial charge in [0.1, 0.15) is 0 Å². The van der Waals surface area contributed by atoms with E-state index in [4.69, 9.17) is 28.9 Å². The van der Waals surface area contributed by atoms with Gasteiger partial charge in [-0.05, 0) is 36.4 Å². The first-order chi connectivity index (χ1) is 10.3. The molecule has 0 heterocycles.